The lowest BCUT2D eigenvalue weighted by Crippen LogP contribution is -2.57. The largest absolute Gasteiger partial charge is 0.453 e. The molecule has 5 nitrogen and oxygen atoms in total. The Labute approximate surface area is 88.0 Å². The molecule has 1 amide bonds. The standard InChI is InChI=1S/C10H15NO4/c1-15-9(13)11-3-2-10(14)5-7(11)4-8(12)6-10/h7,14H,2-6H2,1H3/t7-,10+/m1/s1. The number of hydrogen-bond acceptors (Lipinski definition) is 4. The third-order valence-corrected chi connectivity index (χ3v) is 3.27. The molecule has 2 rings (SSSR count). The van der Waals surface area contributed by atoms with Crippen molar-refractivity contribution in [2.75, 3.05) is 13.7 Å². The topological polar surface area (TPSA) is 66.8 Å². The summed E-state index contributed by atoms with van der Waals surface area (Å²) in [5, 5.41) is 10.0. The molecule has 1 aliphatic carbocycles. The molecule has 15 heavy (non-hydrogen) atoms. The molecule has 0 aromatic rings. The Balaban J connectivity index is 2.14. The highest BCUT2D eigenvalue weighted by molar-refractivity contribution is 5.82. The van der Waals surface area contributed by atoms with Crippen molar-refractivity contribution in [3.8, 4) is 0 Å². The van der Waals surface area contributed by atoms with Crippen LogP contribution in [0.5, 0.6) is 0 Å². The molecule has 1 N–H and O–H groups in total. The van der Waals surface area contributed by atoms with Gasteiger partial charge in [-0.3, -0.25) is 4.79 Å². The van der Waals surface area contributed by atoms with Gasteiger partial charge in [-0.2, -0.15) is 0 Å². The number of aliphatic hydroxyl groups is 1. The van der Waals surface area contributed by atoms with Gasteiger partial charge in [0.15, 0.2) is 0 Å². The monoisotopic (exact) mass is 213 g/mol. The van der Waals surface area contributed by atoms with E-state index in [-0.39, 0.29) is 18.2 Å². The quantitative estimate of drug-likeness (QED) is 0.629. The summed E-state index contributed by atoms with van der Waals surface area (Å²) in [6, 6.07) is -0.183. The van der Waals surface area contributed by atoms with Crippen LogP contribution in [0.25, 0.3) is 0 Å². The molecule has 2 aliphatic rings. The predicted octanol–water partition coefficient (Wildman–Crippen LogP) is 0.311. The Hall–Kier alpha value is -1.10. The molecular weight excluding hydrogens is 198 g/mol. The highest BCUT2D eigenvalue weighted by atomic mass is 16.5. The number of nitrogens with zero attached hydrogens (tertiary/aromatic N) is 1. The number of ketones is 1. The van der Waals surface area contributed by atoms with Crippen molar-refractivity contribution in [3.05, 3.63) is 0 Å². The zero-order chi connectivity index (χ0) is 11.1. The zero-order valence-electron chi connectivity index (χ0n) is 8.73. The van der Waals surface area contributed by atoms with Crippen LogP contribution in [0.4, 0.5) is 4.79 Å². The fourth-order valence-corrected chi connectivity index (χ4v) is 2.56. The van der Waals surface area contributed by atoms with Crippen molar-refractivity contribution >= 4 is 11.9 Å². The number of carbonyl (C=O) groups is 2. The number of ether oxygens (including phenoxy) is 1. The van der Waals surface area contributed by atoms with Crippen LogP contribution in [-0.2, 0) is 9.53 Å². The lowest BCUT2D eigenvalue weighted by Gasteiger charge is -2.46. The van der Waals surface area contributed by atoms with E-state index in [1.54, 1.807) is 4.90 Å². The molecular formula is C10H15NO4. The van der Waals surface area contributed by atoms with Gasteiger partial charge < -0.3 is 14.7 Å². The molecule has 1 saturated heterocycles. The van der Waals surface area contributed by atoms with Gasteiger partial charge in [0.25, 0.3) is 0 Å². The first-order valence-electron chi connectivity index (χ1n) is 5.13. The molecule has 1 aliphatic heterocycles. The van der Waals surface area contributed by atoms with Crippen molar-refractivity contribution in [1.29, 1.82) is 0 Å². The van der Waals surface area contributed by atoms with Crippen LogP contribution in [0.15, 0.2) is 0 Å². The number of carbonyl (C=O) groups excluding carboxylic acids is 2. The first-order valence-corrected chi connectivity index (χ1v) is 5.13. The van der Waals surface area contributed by atoms with Gasteiger partial charge in [-0.1, -0.05) is 0 Å². The maximum atomic E-state index is 11.4. The number of rotatable bonds is 0. The van der Waals surface area contributed by atoms with E-state index in [4.69, 9.17) is 0 Å². The molecule has 0 aromatic carbocycles. The van der Waals surface area contributed by atoms with Crippen LogP contribution in [0.1, 0.15) is 25.7 Å². The summed E-state index contributed by atoms with van der Waals surface area (Å²) in [5.41, 5.74) is -0.884. The van der Waals surface area contributed by atoms with E-state index >= 15 is 0 Å². The number of amides is 1. The molecule has 2 fully saturated rings. The average Bonchev–Trinajstić information content (AvgIpc) is 2.15. The van der Waals surface area contributed by atoms with Crippen LogP contribution in [0, 0.1) is 0 Å². The summed E-state index contributed by atoms with van der Waals surface area (Å²) in [4.78, 5) is 24.3. The maximum Gasteiger partial charge on any atom is 0.409 e. The van der Waals surface area contributed by atoms with Gasteiger partial charge in [-0.05, 0) is 12.8 Å². The van der Waals surface area contributed by atoms with Crippen molar-refractivity contribution in [2.45, 2.75) is 37.3 Å². The number of hydrogen-bond donors (Lipinski definition) is 1. The van der Waals surface area contributed by atoms with Crippen molar-refractivity contribution in [1.82, 2.24) is 4.90 Å². The maximum absolute atomic E-state index is 11.4. The summed E-state index contributed by atoms with van der Waals surface area (Å²) >= 11 is 0. The lowest BCUT2D eigenvalue weighted by molar-refractivity contribution is -0.136. The normalized spacial score (nSPS) is 35.2. The molecule has 0 spiro atoms. The minimum absolute atomic E-state index is 0.0300. The molecule has 0 radical (unpaired) electrons. The molecule has 5 heteroatoms. The Bertz CT molecular complexity index is 304. The van der Waals surface area contributed by atoms with Crippen LogP contribution in [-0.4, -0.2) is 47.2 Å². The first kappa shape index (κ1) is 10.4. The summed E-state index contributed by atoms with van der Waals surface area (Å²) in [5.74, 6) is 0.0300. The predicted molar refractivity (Wildman–Crippen MR) is 51.3 cm³/mol. The Morgan fingerprint density at radius 3 is 3.07 bits per heavy atom. The fraction of sp³-hybridized carbons (Fsp3) is 0.800. The number of piperidine rings is 1. The highest BCUT2D eigenvalue weighted by Crippen LogP contribution is 2.36. The van der Waals surface area contributed by atoms with Gasteiger partial charge in [-0.15, -0.1) is 0 Å². The van der Waals surface area contributed by atoms with Gasteiger partial charge in [0.1, 0.15) is 5.78 Å². The van der Waals surface area contributed by atoms with Crippen LogP contribution in [0.3, 0.4) is 0 Å². The molecule has 1 saturated carbocycles. The lowest BCUT2D eigenvalue weighted by atomic mass is 9.75. The van der Waals surface area contributed by atoms with Crippen LogP contribution < -0.4 is 0 Å². The number of Topliss-reactive ketones (excluding diaryl/α,β-unsaturated/α-hetero) is 1. The molecule has 0 aromatic heterocycles. The van der Waals surface area contributed by atoms with E-state index in [0.29, 0.717) is 25.8 Å². The average molecular weight is 213 g/mol. The Morgan fingerprint density at radius 1 is 1.67 bits per heavy atom. The highest BCUT2D eigenvalue weighted by Gasteiger charge is 2.46. The molecule has 0 unspecified atom stereocenters. The summed E-state index contributed by atoms with van der Waals surface area (Å²) in [7, 11) is 1.33. The fourth-order valence-electron chi connectivity index (χ4n) is 2.56. The summed E-state index contributed by atoms with van der Waals surface area (Å²) in [6.45, 7) is 0.473. The zero-order valence-corrected chi connectivity index (χ0v) is 8.73. The van der Waals surface area contributed by atoms with E-state index in [1.807, 2.05) is 0 Å². The molecule has 2 bridgehead atoms. The van der Waals surface area contributed by atoms with Crippen LogP contribution >= 0.6 is 0 Å². The third kappa shape index (κ3) is 1.84. The molecule has 2 atom stereocenters. The van der Waals surface area contributed by atoms with Gasteiger partial charge in [0.05, 0.1) is 12.7 Å². The van der Waals surface area contributed by atoms with Crippen molar-refractivity contribution in [3.63, 3.8) is 0 Å². The van der Waals surface area contributed by atoms with E-state index < -0.39 is 11.7 Å². The first-order chi connectivity index (χ1) is 7.04. The second kappa shape index (κ2) is 3.48. The minimum atomic E-state index is -0.884. The SMILES string of the molecule is COC(=O)N1CC[C@@]2(O)CC(=O)C[C@@H]1C2. The second-order valence-corrected chi connectivity index (χ2v) is 4.42. The number of likely N-dealkylation sites (tertiary alicyclic amines) is 1. The number of fused-ring (bicyclic) bond motifs is 2. The van der Waals surface area contributed by atoms with Gasteiger partial charge in [-0.25, -0.2) is 4.79 Å². The van der Waals surface area contributed by atoms with E-state index in [0.717, 1.165) is 0 Å². The summed E-state index contributed by atoms with van der Waals surface area (Å²) < 4.78 is 4.64. The van der Waals surface area contributed by atoms with Crippen molar-refractivity contribution in [2.24, 2.45) is 0 Å². The van der Waals surface area contributed by atoms with Gasteiger partial charge in [0, 0.05) is 25.4 Å². The second-order valence-electron chi connectivity index (χ2n) is 4.42. The smallest absolute Gasteiger partial charge is 0.409 e. The molecule has 84 valence electrons. The van der Waals surface area contributed by atoms with Gasteiger partial charge in [0.2, 0.25) is 0 Å². The van der Waals surface area contributed by atoms with Gasteiger partial charge >= 0.3 is 6.09 Å². The summed E-state index contributed by atoms with van der Waals surface area (Å²) in [6.07, 6.45) is 1.13. The Morgan fingerprint density at radius 2 is 2.40 bits per heavy atom. The molecule has 1 heterocycles. The number of methoxy groups -OCH3 is 1. The van der Waals surface area contributed by atoms with Crippen molar-refractivity contribution < 1.29 is 19.4 Å². The third-order valence-electron chi connectivity index (χ3n) is 3.27. The van der Waals surface area contributed by atoms with E-state index in [1.165, 1.54) is 7.11 Å². The Kier molecular flexibility index (Phi) is 2.42. The minimum Gasteiger partial charge on any atom is -0.453 e. The van der Waals surface area contributed by atoms with E-state index in [9.17, 15) is 14.7 Å². The van der Waals surface area contributed by atoms with E-state index in [2.05, 4.69) is 4.74 Å². The van der Waals surface area contributed by atoms with Crippen LogP contribution in [0.2, 0.25) is 0 Å².